The second-order valence-electron chi connectivity index (χ2n) is 22.6. The minimum atomic E-state index is -2.27. The van der Waals surface area contributed by atoms with Crippen molar-refractivity contribution >= 4 is 24.4 Å². The van der Waals surface area contributed by atoms with Gasteiger partial charge in [0.05, 0.1) is 56.7 Å². The molecule has 0 aromatic rings. The molecule has 0 aromatic heterocycles. The fraction of sp³-hybridized carbons (Fsp3) is 0.750. The molecule has 23 rings (SSSR count). The number of thioether (sulfide) groups is 1. The Kier molecular flexibility index (Phi) is 31.9. The van der Waals surface area contributed by atoms with Crippen LogP contribution in [-0.2, 0) is 96.0 Å². The van der Waals surface area contributed by atoms with Gasteiger partial charge in [-0.15, -0.1) is 11.8 Å². The molecule has 0 spiro atoms. The van der Waals surface area contributed by atoms with Crippen LogP contribution in [-0.4, -0.2) is 362 Å². The van der Waals surface area contributed by atoms with Crippen molar-refractivity contribution in [3.63, 3.8) is 0 Å². The fourth-order valence-corrected chi connectivity index (χ4v) is 12.5. The molecule has 23 fully saturated rings. The van der Waals surface area contributed by atoms with E-state index in [0.717, 1.165) is 0 Å². The Bertz CT molecular complexity index is 2390. The van der Waals surface area contributed by atoms with Gasteiger partial charge in [-0.05, 0) is 64.2 Å². The minimum Gasteiger partial charge on any atom is -0.767 e. The average molecular weight is 1440 g/mol. The first-order valence-electron chi connectivity index (χ1n) is 29.5. The van der Waals surface area contributed by atoms with E-state index in [1.165, 1.54) is 0 Å². The topological polar surface area (TPSA) is 581 Å². The van der Waals surface area contributed by atoms with E-state index >= 15 is 0 Å². The van der Waals surface area contributed by atoms with Gasteiger partial charge in [-0.25, -0.2) is 0 Å². The van der Waals surface area contributed by atoms with Gasteiger partial charge in [0, 0.05) is 5.75 Å². The molecule has 23 aliphatic rings. The number of hydrogen-bond donors (Lipinski definition) is 20. The molecule has 36 nitrogen and oxygen atoms in total. The van der Waals surface area contributed by atoms with Gasteiger partial charge in [-0.1, -0.05) is 4.91 Å². The van der Waals surface area contributed by atoms with E-state index < -0.39 is 265 Å². The number of rotatable bonds is 9. The van der Waals surface area contributed by atoms with Crippen molar-refractivity contribution in [1.82, 2.24) is 0 Å². The summed E-state index contributed by atoms with van der Waals surface area (Å²) in [7, 11) is 0. The summed E-state index contributed by atoms with van der Waals surface area (Å²) in [5, 5.41) is 242. The molecule has 14 bridgehead atoms. The molecule has 0 unspecified atom stereocenters. The molecule has 95 heavy (non-hydrogen) atoms. The normalized spacial score (nSPS) is 48.4. The van der Waals surface area contributed by atoms with Crippen LogP contribution in [0.3, 0.4) is 0 Å². The van der Waals surface area contributed by atoms with Gasteiger partial charge in [0.1, 0.15) is 171 Å². The minimum absolute atomic E-state index is 0. The van der Waals surface area contributed by atoms with Crippen LogP contribution >= 0.6 is 11.8 Å². The molecule has 2 saturated carbocycles. The number of allylic oxidation sites excluding steroid dienone is 2. The Morgan fingerprint density at radius 2 is 0.453 bits per heavy atom. The molecule has 39 heteroatoms. The van der Waals surface area contributed by atoms with Gasteiger partial charge in [0.25, 0.3) is 0 Å². The number of aliphatic hydroxyl groups excluding tert-OH is 20. The van der Waals surface area contributed by atoms with Crippen molar-refractivity contribution in [2.24, 2.45) is 0 Å². The molecule has 0 aromatic carbocycles. The molecule has 20 N–H and O–H groups in total. The summed E-state index contributed by atoms with van der Waals surface area (Å²) in [6.45, 7) is -6.44. The number of nitrogens with zero attached hydrogens (tertiary/aromatic N) is 2. The zero-order valence-corrected chi connectivity index (χ0v) is 52.4. The van der Waals surface area contributed by atoms with Crippen molar-refractivity contribution < 1.29 is 186 Å². The Labute approximate surface area is 564 Å². The third kappa shape index (κ3) is 18.6. The largest absolute Gasteiger partial charge is 3.00 e. The van der Waals surface area contributed by atoms with Crippen molar-refractivity contribution in [3.8, 4) is 12.1 Å². The zero-order chi connectivity index (χ0) is 68.4. The fourth-order valence-electron chi connectivity index (χ4n) is 11.4. The Balaban J connectivity index is 0.00000106. The van der Waals surface area contributed by atoms with Crippen LogP contribution in [0.2, 0.25) is 0 Å². The van der Waals surface area contributed by atoms with Crippen LogP contribution in [0.1, 0.15) is 0 Å². The molecule has 535 valence electrons. The summed E-state index contributed by atoms with van der Waals surface area (Å²) in [5.41, 5.74) is 0. The Morgan fingerprint density at radius 3 is 0.611 bits per heavy atom. The molecule has 21 heterocycles. The second-order valence-corrected chi connectivity index (χ2v) is 24.0. The summed E-state index contributed by atoms with van der Waals surface area (Å²) >= 11 is 5.53. The molecule has 21 saturated heterocycles. The predicted octanol–water partition coefficient (Wildman–Crippen LogP) is -11.6. The van der Waals surface area contributed by atoms with Gasteiger partial charge in [0.15, 0.2) is 44.0 Å². The molecule has 0 amide bonds. The summed E-state index contributed by atoms with van der Waals surface area (Å²) in [4.78, 5) is -0.851. The van der Waals surface area contributed by atoms with E-state index in [2.05, 4.69) is 0 Å². The summed E-state index contributed by atoms with van der Waals surface area (Å²) in [6.07, 6.45) is -51.5. The molecule has 2 aliphatic carbocycles. The van der Waals surface area contributed by atoms with Gasteiger partial charge in [0.2, 0.25) is 0 Å². The van der Waals surface area contributed by atoms with Crippen molar-refractivity contribution in [2.45, 2.75) is 215 Å². The van der Waals surface area contributed by atoms with Crippen LogP contribution in [0, 0.1) is 86.9 Å². The second kappa shape index (κ2) is 37.6. The summed E-state index contributed by atoms with van der Waals surface area (Å²) in [6, 6.07) is 3.33. The third-order valence-corrected chi connectivity index (χ3v) is 18.0. The number of ether oxygens (including phenoxy) is 14. The monoisotopic (exact) mass is 1440 g/mol. The maximum Gasteiger partial charge on any atom is 3.00 e. The first kappa shape index (κ1) is 80.8. The van der Waals surface area contributed by atoms with Gasteiger partial charge in [-0.2, -0.15) is 10.5 Å². The molecular weight excluding hydrogens is 1360 g/mol. The number of aliphatic hydroxyl groups is 20. The van der Waals surface area contributed by atoms with E-state index in [1.54, 1.807) is 12.1 Å². The van der Waals surface area contributed by atoms with Gasteiger partial charge < -0.3 is 181 Å². The summed E-state index contributed by atoms with van der Waals surface area (Å²) in [5.74, 6) is -0.528. The van der Waals surface area contributed by atoms with Crippen LogP contribution in [0.4, 0.5) is 0 Å². The smallest absolute Gasteiger partial charge is 0.767 e. The van der Waals surface area contributed by atoms with Crippen LogP contribution in [0.15, 0.2) is 9.81 Å². The molecule has 21 aliphatic heterocycles. The van der Waals surface area contributed by atoms with Crippen molar-refractivity contribution in [3.05, 3.63) is 74.0 Å². The van der Waals surface area contributed by atoms with E-state index in [9.17, 15) is 113 Å². The first-order chi connectivity index (χ1) is 45.0. The van der Waals surface area contributed by atoms with Gasteiger partial charge >= 0.3 is 17.1 Å². The SMILES string of the molecule is N#C/C([S-])=C(/C#N)SC[C@H]1O[C@@H]2O[C@H]3[C@H](O)[C@@H](O)[C@@H](O[C@H]4[C@H](O)[C@@H](O)[C@@H](O[C@H]5[C@H](O)[C@@H](O)[C@@H](O[C@H]6[C@H](O)[C@@H](O)[C@@H](O[C@H]7[C@H](O)[C@@H](O)[C@@H](O[C@H]8[C@H](O)[C@@H](O)[C@@H](O[C@H]1[C@H](O)[C@H]2O)O[C@@H]8CO)O[C@@H]7CO)O[C@@H]6CO)O[C@@H]5CO)O[C@@H]4CO)O[C@@H]3CO.[CH]1[CH][CH][CH][CH]1.[CH]1[CH][CH][CH][CH]1.[Fe+3]. The van der Waals surface area contributed by atoms with Crippen molar-refractivity contribution in [2.75, 3.05) is 45.4 Å². The molecule has 11 radical (unpaired) electrons. The Morgan fingerprint density at radius 1 is 0.284 bits per heavy atom. The predicted molar refractivity (Wildman–Crippen MR) is 302 cm³/mol. The number of hydrogen-bond acceptors (Lipinski definition) is 38. The molecule has 35 atom stereocenters. The van der Waals surface area contributed by atoms with Crippen LogP contribution in [0.5, 0.6) is 0 Å². The number of nitriles is 2. The summed E-state index contributed by atoms with van der Waals surface area (Å²) < 4.78 is 80.6. The third-order valence-electron chi connectivity index (χ3n) is 16.5. The molecular formula is C56H79FeN2O34S2+2. The maximum absolute atomic E-state index is 11.7. The quantitative estimate of drug-likeness (QED) is 0.0579. The van der Waals surface area contributed by atoms with E-state index in [1.807, 2.05) is 64.2 Å². The maximum atomic E-state index is 11.7. The van der Waals surface area contributed by atoms with E-state index in [-0.39, 0.29) is 22.0 Å². The van der Waals surface area contributed by atoms with E-state index in [4.69, 9.17) is 78.9 Å². The van der Waals surface area contributed by atoms with E-state index in [0.29, 0.717) is 11.8 Å². The standard InChI is InChI=1S/C46H70N2O34S2.2C5H5.Fe/c47-1-17(83)18(2-48)84-9-16-39-25(61)32(68)46(75-16)81-38-15(8-54)73-44(30(66)23(38)59)79-36-13(6-52)71-42(28(64)21(36)57)77-34-11(4-50)69-40(26(62)19(34)55)76-33-10(3-49)70-41(27(63)20(33)56)78-35-12(5-51)72-43(29(65)22(35)58)80-37-14(7-53)74-45(82-39)31(67)24(37)60;2*1-2-4-5-3-1;/h10-16,19-46,49-68,83H,3-9H2;2*1-5H;/q;;;+3/p-1/b18-17+;;;/t10-,11-,12-,13-,14-,15-,16-,19-,20-,21-,22-,23-,24-,25-,26-,27-,28-,29-,30-,31-,32-,33-,34-,35-,36-,37-,38-,39-,40-,41-,42-,43-,44-,45-,46-;;;/m1.../s1. The van der Waals surface area contributed by atoms with Crippen LogP contribution in [0.25, 0.3) is 0 Å². The average Bonchev–Trinajstić information content (AvgIpc) is 1.37. The van der Waals surface area contributed by atoms with Crippen molar-refractivity contribution in [1.29, 1.82) is 10.5 Å². The van der Waals surface area contributed by atoms with Gasteiger partial charge in [-0.3, -0.25) is 0 Å². The first-order valence-corrected chi connectivity index (χ1v) is 30.9. The van der Waals surface area contributed by atoms with Crippen LogP contribution < -0.4 is 0 Å². The zero-order valence-electron chi connectivity index (χ0n) is 49.7. The Hall–Kier alpha value is -1.55.